The van der Waals surface area contributed by atoms with Crippen molar-refractivity contribution in [2.45, 2.75) is 31.9 Å². The van der Waals surface area contributed by atoms with Gasteiger partial charge < -0.3 is 9.32 Å². The Morgan fingerprint density at radius 2 is 1.76 bits per heavy atom. The quantitative estimate of drug-likeness (QED) is 0.764. The van der Waals surface area contributed by atoms with E-state index in [1.807, 2.05) is 18.2 Å². The average Bonchev–Trinajstić information content (AvgIpc) is 3.06. The van der Waals surface area contributed by atoms with Crippen LogP contribution < -0.4 is 0 Å². The predicted octanol–water partition coefficient (Wildman–Crippen LogP) is 2.39. The highest BCUT2D eigenvalue weighted by Crippen LogP contribution is 2.30. The predicted molar refractivity (Wildman–Crippen MR) is 107 cm³/mol. The molecule has 4 rings (SSSR count). The van der Waals surface area contributed by atoms with Crippen molar-refractivity contribution in [3.8, 4) is 0 Å². The van der Waals surface area contributed by atoms with E-state index in [1.54, 1.807) is 24.0 Å². The standard InChI is InChI=1S/C21H24N2O5S/c1-15-19-17(24)8-5-9-18(19)28-20(15)21(25)22-10-12-23(13-11-22)29(26,27)14-16-6-3-2-4-7-16/h2-4,6-7H,5,8-14H2,1H3. The number of carbonyl (C=O) groups excluding carboxylic acids is 2. The third-order valence-electron chi connectivity index (χ3n) is 5.61. The first-order chi connectivity index (χ1) is 13.9. The molecular formula is C21H24N2O5S. The van der Waals surface area contributed by atoms with E-state index in [0.717, 1.165) is 12.0 Å². The number of piperazine rings is 1. The summed E-state index contributed by atoms with van der Waals surface area (Å²) in [7, 11) is -3.44. The van der Waals surface area contributed by atoms with E-state index in [4.69, 9.17) is 4.42 Å². The topological polar surface area (TPSA) is 87.9 Å². The molecule has 1 fully saturated rings. The molecule has 1 aliphatic heterocycles. The van der Waals surface area contributed by atoms with Crippen LogP contribution in [-0.2, 0) is 22.2 Å². The van der Waals surface area contributed by atoms with Crippen LogP contribution in [0.4, 0.5) is 0 Å². The third-order valence-corrected chi connectivity index (χ3v) is 7.46. The van der Waals surface area contributed by atoms with E-state index in [-0.39, 0.29) is 36.3 Å². The Morgan fingerprint density at radius 1 is 1.07 bits per heavy atom. The summed E-state index contributed by atoms with van der Waals surface area (Å²) in [5.41, 5.74) is 1.91. The molecule has 0 radical (unpaired) electrons. The minimum Gasteiger partial charge on any atom is -0.455 e. The fourth-order valence-corrected chi connectivity index (χ4v) is 5.56. The SMILES string of the molecule is Cc1c(C(=O)N2CCN(S(=O)(=O)Cc3ccccc3)CC2)oc2c1C(=O)CCC2. The van der Waals surface area contributed by atoms with Gasteiger partial charge in [-0.3, -0.25) is 9.59 Å². The van der Waals surface area contributed by atoms with Gasteiger partial charge in [-0.1, -0.05) is 30.3 Å². The van der Waals surface area contributed by atoms with Crippen LogP contribution in [0.5, 0.6) is 0 Å². The largest absolute Gasteiger partial charge is 0.455 e. The monoisotopic (exact) mass is 416 g/mol. The molecule has 0 spiro atoms. The van der Waals surface area contributed by atoms with Gasteiger partial charge in [0.2, 0.25) is 10.0 Å². The minimum atomic E-state index is -3.44. The lowest BCUT2D eigenvalue weighted by Crippen LogP contribution is -2.50. The van der Waals surface area contributed by atoms with Crippen LogP contribution in [0.2, 0.25) is 0 Å². The van der Waals surface area contributed by atoms with Gasteiger partial charge in [0.15, 0.2) is 11.5 Å². The Labute approximate surface area is 170 Å². The minimum absolute atomic E-state index is 0.0309. The number of nitrogens with zero attached hydrogens (tertiary/aromatic N) is 2. The van der Waals surface area contributed by atoms with Crippen LogP contribution in [0.3, 0.4) is 0 Å². The highest BCUT2D eigenvalue weighted by molar-refractivity contribution is 7.88. The lowest BCUT2D eigenvalue weighted by Gasteiger charge is -2.33. The average molecular weight is 416 g/mol. The second-order valence-corrected chi connectivity index (χ2v) is 9.53. The summed E-state index contributed by atoms with van der Waals surface area (Å²) in [6, 6.07) is 9.07. The summed E-state index contributed by atoms with van der Waals surface area (Å²) in [4.78, 5) is 26.7. The molecule has 0 saturated carbocycles. The van der Waals surface area contributed by atoms with E-state index in [2.05, 4.69) is 0 Å². The maximum absolute atomic E-state index is 12.9. The zero-order chi connectivity index (χ0) is 20.6. The number of ketones is 1. The number of benzene rings is 1. The highest BCUT2D eigenvalue weighted by atomic mass is 32.2. The fraction of sp³-hybridized carbons (Fsp3) is 0.429. The molecule has 1 aromatic carbocycles. The highest BCUT2D eigenvalue weighted by Gasteiger charge is 2.34. The molecule has 29 heavy (non-hydrogen) atoms. The molecule has 1 saturated heterocycles. The molecule has 0 atom stereocenters. The van der Waals surface area contributed by atoms with Gasteiger partial charge in [0.1, 0.15) is 5.76 Å². The maximum Gasteiger partial charge on any atom is 0.289 e. The van der Waals surface area contributed by atoms with Crippen molar-refractivity contribution in [3.05, 3.63) is 58.5 Å². The Morgan fingerprint density at radius 3 is 2.41 bits per heavy atom. The van der Waals surface area contributed by atoms with Crippen LogP contribution in [-0.4, -0.2) is 55.5 Å². The number of furan rings is 1. The number of amides is 1. The zero-order valence-corrected chi connectivity index (χ0v) is 17.2. The Balaban J connectivity index is 1.43. The smallest absolute Gasteiger partial charge is 0.289 e. The van der Waals surface area contributed by atoms with Crippen LogP contribution in [0.1, 0.15) is 50.6 Å². The van der Waals surface area contributed by atoms with E-state index in [0.29, 0.717) is 42.8 Å². The number of aryl methyl sites for hydroxylation is 1. The Hall–Kier alpha value is -2.45. The molecule has 0 bridgehead atoms. The number of carbonyl (C=O) groups is 2. The van der Waals surface area contributed by atoms with Crippen molar-refractivity contribution in [2.75, 3.05) is 26.2 Å². The maximum atomic E-state index is 12.9. The van der Waals surface area contributed by atoms with Crippen LogP contribution >= 0.6 is 0 Å². The molecule has 2 heterocycles. The number of hydrogen-bond acceptors (Lipinski definition) is 5. The summed E-state index contributed by atoms with van der Waals surface area (Å²) < 4.78 is 32.6. The van der Waals surface area contributed by atoms with E-state index >= 15 is 0 Å². The van der Waals surface area contributed by atoms with Crippen molar-refractivity contribution >= 4 is 21.7 Å². The summed E-state index contributed by atoms with van der Waals surface area (Å²) in [5, 5.41) is 0. The molecule has 2 aromatic rings. The fourth-order valence-electron chi connectivity index (χ4n) is 4.04. The van der Waals surface area contributed by atoms with E-state index < -0.39 is 10.0 Å². The van der Waals surface area contributed by atoms with Gasteiger partial charge in [0, 0.05) is 44.6 Å². The first-order valence-electron chi connectivity index (χ1n) is 9.83. The van der Waals surface area contributed by atoms with Crippen molar-refractivity contribution in [1.82, 2.24) is 9.21 Å². The first-order valence-corrected chi connectivity index (χ1v) is 11.4. The third kappa shape index (κ3) is 3.86. The normalized spacial score (nSPS) is 18.0. The summed E-state index contributed by atoms with van der Waals surface area (Å²) in [5.74, 6) is 0.527. The van der Waals surface area contributed by atoms with Gasteiger partial charge in [-0.05, 0) is 18.9 Å². The van der Waals surface area contributed by atoms with Crippen molar-refractivity contribution in [3.63, 3.8) is 0 Å². The Bertz CT molecular complexity index is 1030. The van der Waals surface area contributed by atoms with Gasteiger partial charge >= 0.3 is 0 Å². The van der Waals surface area contributed by atoms with Gasteiger partial charge in [-0.2, -0.15) is 4.31 Å². The number of hydrogen-bond donors (Lipinski definition) is 0. The molecular weight excluding hydrogens is 392 g/mol. The van der Waals surface area contributed by atoms with Gasteiger partial charge in [0.25, 0.3) is 5.91 Å². The van der Waals surface area contributed by atoms with Crippen LogP contribution in [0, 0.1) is 6.92 Å². The van der Waals surface area contributed by atoms with Gasteiger partial charge in [0.05, 0.1) is 11.3 Å². The molecule has 1 aromatic heterocycles. The Kier molecular flexibility index (Phi) is 5.31. The first kappa shape index (κ1) is 19.8. The summed E-state index contributed by atoms with van der Waals surface area (Å²) >= 11 is 0. The van der Waals surface area contributed by atoms with Crippen LogP contribution in [0.25, 0.3) is 0 Å². The molecule has 1 amide bonds. The van der Waals surface area contributed by atoms with Gasteiger partial charge in [-0.15, -0.1) is 0 Å². The second kappa shape index (κ2) is 7.76. The zero-order valence-electron chi connectivity index (χ0n) is 16.4. The summed E-state index contributed by atoms with van der Waals surface area (Å²) in [6.07, 6.45) is 1.89. The number of sulfonamides is 1. The second-order valence-electron chi connectivity index (χ2n) is 7.56. The van der Waals surface area contributed by atoms with E-state index in [9.17, 15) is 18.0 Å². The van der Waals surface area contributed by atoms with Crippen molar-refractivity contribution in [1.29, 1.82) is 0 Å². The van der Waals surface area contributed by atoms with Crippen molar-refractivity contribution in [2.24, 2.45) is 0 Å². The molecule has 2 aliphatic rings. The summed E-state index contributed by atoms with van der Waals surface area (Å²) in [6.45, 7) is 2.84. The lowest BCUT2D eigenvalue weighted by molar-refractivity contribution is 0.0662. The molecule has 1 aliphatic carbocycles. The van der Waals surface area contributed by atoms with E-state index in [1.165, 1.54) is 4.31 Å². The number of rotatable bonds is 4. The molecule has 0 unspecified atom stereocenters. The molecule has 8 heteroatoms. The number of Topliss-reactive ketones (excluding diaryl/α,β-unsaturated/α-hetero) is 1. The number of fused-ring (bicyclic) bond motifs is 1. The molecule has 154 valence electrons. The molecule has 0 N–H and O–H groups in total. The van der Waals surface area contributed by atoms with Gasteiger partial charge in [-0.25, -0.2) is 8.42 Å². The molecule has 7 nitrogen and oxygen atoms in total. The van der Waals surface area contributed by atoms with Crippen LogP contribution in [0.15, 0.2) is 34.7 Å². The van der Waals surface area contributed by atoms with Crippen molar-refractivity contribution < 1.29 is 22.4 Å². The lowest BCUT2D eigenvalue weighted by atomic mass is 9.94.